The molecule has 0 aliphatic carbocycles. The number of aromatic nitrogens is 1. The zero-order valence-corrected chi connectivity index (χ0v) is 14.7. The van der Waals surface area contributed by atoms with Gasteiger partial charge in [-0.2, -0.15) is 0 Å². The first-order chi connectivity index (χ1) is 12.6. The van der Waals surface area contributed by atoms with E-state index in [1.165, 1.54) is 0 Å². The molecule has 0 bridgehead atoms. The Hall–Kier alpha value is -3.20. The number of pyridine rings is 1. The highest BCUT2D eigenvalue weighted by Gasteiger charge is 2.42. The van der Waals surface area contributed by atoms with Crippen LogP contribution in [0.4, 0.5) is 5.69 Å². The molecule has 1 atom stereocenters. The first-order valence-electron chi connectivity index (χ1n) is 8.68. The summed E-state index contributed by atoms with van der Waals surface area (Å²) < 4.78 is 0. The van der Waals surface area contributed by atoms with Crippen LogP contribution < -0.4 is 5.32 Å². The number of hydrogen-bond acceptors (Lipinski definition) is 2. The topological polar surface area (TPSA) is 42.0 Å². The molecule has 3 heteroatoms. The fraction of sp³-hybridized carbons (Fsp3) is 0.130. The average molecular weight is 340 g/mol. The van der Waals surface area contributed by atoms with Crippen molar-refractivity contribution in [1.29, 1.82) is 0 Å². The van der Waals surface area contributed by atoms with Crippen molar-refractivity contribution in [1.82, 2.24) is 4.98 Å². The van der Waals surface area contributed by atoms with E-state index in [4.69, 9.17) is 0 Å². The van der Waals surface area contributed by atoms with Gasteiger partial charge in [0.2, 0.25) is 5.91 Å². The standard InChI is InChI=1S/C23H20N2O/c1-3-16-6-8-17(9-7-16)14-23(2)20-13-18(19-5-4-12-24-15-19)10-11-21(20)25-22(23)26/h3-13,15H,1,14H2,2H3,(H,25,26). The number of carbonyl (C=O) groups is 1. The van der Waals surface area contributed by atoms with Crippen molar-refractivity contribution in [3.8, 4) is 11.1 Å². The molecular formula is C23H20N2O. The first-order valence-corrected chi connectivity index (χ1v) is 8.68. The van der Waals surface area contributed by atoms with Crippen LogP contribution in [0.5, 0.6) is 0 Å². The summed E-state index contributed by atoms with van der Waals surface area (Å²) in [5.41, 5.74) is 5.67. The van der Waals surface area contributed by atoms with Crippen LogP contribution in [-0.4, -0.2) is 10.9 Å². The zero-order chi connectivity index (χ0) is 18.1. The maximum atomic E-state index is 12.8. The molecule has 4 rings (SSSR count). The number of fused-ring (bicyclic) bond motifs is 1. The fourth-order valence-corrected chi connectivity index (χ4v) is 3.56. The summed E-state index contributed by atoms with van der Waals surface area (Å²) in [6.45, 7) is 5.81. The summed E-state index contributed by atoms with van der Waals surface area (Å²) in [5.74, 6) is 0.0450. The molecule has 26 heavy (non-hydrogen) atoms. The van der Waals surface area contributed by atoms with Gasteiger partial charge in [0.15, 0.2) is 0 Å². The lowest BCUT2D eigenvalue weighted by atomic mass is 9.77. The molecule has 1 aliphatic rings. The number of anilines is 1. The second-order valence-electron chi connectivity index (χ2n) is 6.91. The van der Waals surface area contributed by atoms with Gasteiger partial charge < -0.3 is 5.32 Å². The maximum absolute atomic E-state index is 12.8. The van der Waals surface area contributed by atoms with E-state index in [9.17, 15) is 4.79 Å². The van der Waals surface area contributed by atoms with Crippen molar-refractivity contribution in [2.45, 2.75) is 18.8 Å². The molecule has 3 nitrogen and oxygen atoms in total. The normalized spacial score (nSPS) is 18.3. The Morgan fingerprint density at radius 1 is 1.12 bits per heavy atom. The Labute approximate surface area is 153 Å². The minimum absolute atomic E-state index is 0.0450. The van der Waals surface area contributed by atoms with Crippen molar-refractivity contribution in [2.75, 3.05) is 5.32 Å². The van der Waals surface area contributed by atoms with Crippen LogP contribution in [0.2, 0.25) is 0 Å². The van der Waals surface area contributed by atoms with Gasteiger partial charge in [0.05, 0.1) is 5.41 Å². The first kappa shape index (κ1) is 16.3. The van der Waals surface area contributed by atoms with Crippen LogP contribution in [0.1, 0.15) is 23.6 Å². The molecule has 2 aromatic carbocycles. The Kier molecular flexibility index (Phi) is 3.92. The van der Waals surface area contributed by atoms with Crippen molar-refractivity contribution in [3.63, 3.8) is 0 Å². The average Bonchev–Trinajstić information content (AvgIpc) is 2.93. The van der Waals surface area contributed by atoms with Crippen molar-refractivity contribution >= 4 is 17.7 Å². The molecule has 0 saturated carbocycles. The van der Waals surface area contributed by atoms with Crippen molar-refractivity contribution in [2.24, 2.45) is 0 Å². The molecule has 0 fully saturated rings. The molecule has 1 amide bonds. The SMILES string of the molecule is C=Cc1ccc(CC2(C)C(=O)Nc3ccc(-c4cccnc4)cc32)cc1. The van der Waals surface area contributed by atoms with Crippen LogP contribution in [0, 0.1) is 0 Å². The Morgan fingerprint density at radius 3 is 2.62 bits per heavy atom. The maximum Gasteiger partial charge on any atom is 0.235 e. The van der Waals surface area contributed by atoms with Crippen LogP contribution in [-0.2, 0) is 16.6 Å². The van der Waals surface area contributed by atoms with E-state index in [-0.39, 0.29) is 5.91 Å². The summed E-state index contributed by atoms with van der Waals surface area (Å²) in [7, 11) is 0. The van der Waals surface area contributed by atoms with Gasteiger partial charge in [-0.3, -0.25) is 9.78 Å². The van der Waals surface area contributed by atoms with Crippen molar-refractivity contribution < 1.29 is 4.79 Å². The summed E-state index contributed by atoms with van der Waals surface area (Å²) >= 11 is 0. The number of rotatable bonds is 4. The van der Waals surface area contributed by atoms with Gasteiger partial charge in [-0.05, 0) is 59.4 Å². The van der Waals surface area contributed by atoms with Crippen molar-refractivity contribution in [3.05, 3.63) is 90.3 Å². The monoisotopic (exact) mass is 340 g/mol. The Morgan fingerprint density at radius 2 is 1.92 bits per heavy atom. The van der Waals surface area contributed by atoms with E-state index in [0.29, 0.717) is 6.42 Å². The van der Waals surface area contributed by atoms with Gasteiger partial charge in [-0.15, -0.1) is 0 Å². The quantitative estimate of drug-likeness (QED) is 0.738. The third-order valence-electron chi connectivity index (χ3n) is 5.13. The predicted molar refractivity (Wildman–Crippen MR) is 106 cm³/mol. The molecule has 1 N–H and O–H groups in total. The molecule has 3 aromatic rings. The summed E-state index contributed by atoms with van der Waals surface area (Å²) in [4.78, 5) is 17.0. The van der Waals surface area contributed by atoms with E-state index < -0.39 is 5.41 Å². The molecule has 1 aromatic heterocycles. The molecule has 0 radical (unpaired) electrons. The second kappa shape index (κ2) is 6.26. The minimum Gasteiger partial charge on any atom is -0.325 e. The van der Waals surface area contributed by atoms with Crippen LogP contribution >= 0.6 is 0 Å². The molecule has 0 saturated heterocycles. The van der Waals surface area contributed by atoms with E-state index in [2.05, 4.69) is 35.1 Å². The zero-order valence-electron chi connectivity index (χ0n) is 14.7. The highest BCUT2D eigenvalue weighted by atomic mass is 16.2. The summed E-state index contributed by atoms with van der Waals surface area (Å²) in [5, 5.41) is 3.04. The summed E-state index contributed by atoms with van der Waals surface area (Å²) in [6, 6.07) is 18.3. The third-order valence-corrected chi connectivity index (χ3v) is 5.13. The Balaban J connectivity index is 1.73. The molecule has 0 spiro atoms. The van der Waals surface area contributed by atoms with E-state index in [0.717, 1.165) is 33.5 Å². The second-order valence-corrected chi connectivity index (χ2v) is 6.91. The Bertz CT molecular complexity index is 977. The lowest BCUT2D eigenvalue weighted by Gasteiger charge is -2.23. The highest BCUT2D eigenvalue weighted by Crippen LogP contribution is 2.42. The van der Waals surface area contributed by atoms with E-state index >= 15 is 0 Å². The number of nitrogens with one attached hydrogen (secondary N) is 1. The van der Waals surface area contributed by atoms with Gasteiger partial charge in [0.25, 0.3) is 0 Å². The number of amides is 1. The molecule has 1 unspecified atom stereocenters. The van der Waals surface area contributed by atoms with Crippen LogP contribution in [0.15, 0.2) is 73.6 Å². The van der Waals surface area contributed by atoms with E-state index in [1.54, 1.807) is 6.20 Å². The lowest BCUT2D eigenvalue weighted by molar-refractivity contribution is -0.120. The van der Waals surface area contributed by atoms with Gasteiger partial charge in [0.1, 0.15) is 0 Å². The van der Waals surface area contributed by atoms with Crippen LogP contribution in [0.25, 0.3) is 17.2 Å². The number of benzene rings is 2. The van der Waals surface area contributed by atoms with Gasteiger partial charge in [-0.25, -0.2) is 0 Å². The highest BCUT2D eigenvalue weighted by molar-refractivity contribution is 6.06. The lowest BCUT2D eigenvalue weighted by Crippen LogP contribution is -2.33. The largest absolute Gasteiger partial charge is 0.325 e. The number of carbonyl (C=O) groups excluding carboxylic acids is 1. The van der Waals surface area contributed by atoms with E-state index in [1.807, 2.05) is 55.6 Å². The molecule has 128 valence electrons. The van der Waals surface area contributed by atoms with Gasteiger partial charge in [0, 0.05) is 18.1 Å². The smallest absolute Gasteiger partial charge is 0.235 e. The van der Waals surface area contributed by atoms with Crippen LogP contribution in [0.3, 0.4) is 0 Å². The predicted octanol–water partition coefficient (Wildman–Crippen LogP) is 4.84. The molecule has 1 aliphatic heterocycles. The summed E-state index contributed by atoms with van der Waals surface area (Å²) in [6.07, 6.45) is 6.08. The third kappa shape index (κ3) is 2.72. The van der Waals surface area contributed by atoms with Gasteiger partial charge >= 0.3 is 0 Å². The number of hydrogen-bond donors (Lipinski definition) is 1. The molecule has 2 heterocycles. The van der Waals surface area contributed by atoms with Gasteiger partial charge in [-0.1, -0.05) is 49.1 Å². The number of nitrogens with zero attached hydrogens (tertiary/aromatic N) is 1. The molecular weight excluding hydrogens is 320 g/mol. The fourth-order valence-electron chi connectivity index (χ4n) is 3.56. The minimum atomic E-state index is -0.594.